The molecule has 1 N–H and O–H groups in total. The Morgan fingerprint density at radius 1 is 1.09 bits per heavy atom. The lowest BCUT2D eigenvalue weighted by Gasteiger charge is -2.53. The van der Waals surface area contributed by atoms with E-state index in [0.717, 1.165) is 50.0 Å². The molecule has 184 valence electrons. The number of fused-ring (bicyclic) bond motifs is 5. The number of rotatable bonds is 1. The number of hydrogen-bond donors (Lipinski definition) is 1. The lowest BCUT2D eigenvalue weighted by Crippen LogP contribution is -2.51. The molecule has 0 saturated heterocycles. The van der Waals surface area contributed by atoms with Gasteiger partial charge in [0.05, 0.1) is 0 Å². The van der Waals surface area contributed by atoms with Crippen LogP contribution in [0.25, 0.3) is 0 Å². The number of carbonyl (C=O) groups is 1. The van der Waals surface area contributed by atoms with E-state index in [-0.39, 0.29) is 23.0 Å². The van der Waals surface area contributed by atoms with Crippen molar-refractivity contribution in [2.45, 2.75) is 77.2 Å². The molecule has 1 aromatic rings. The van der Waals surface area contributed by atoms with Gasteiger partial charge in [-0.2, -0.15) is 0 Å². The van der Waals surface area contributed by atoms with Crippen molar-refractivity contribution in [2.75, 3.05) is 13.2 Å². The van der Waals surface area contributed by atoms with Crippen LogP contribution in [0.15, 0.2) is 41.0 Å². The van der Waals surface area contributed by atoms with Crippen LogP contribution in [0.3, 0.4) is 0 Å². The zero-order valence-corrected chi connectivity index (χ0v) is 21.2. The molecular weight excluding hydrogens is 436 g/mol. The fourth-order valence-corrected chi connectivity index (χ4v) is 7.71. The van der Waals surface area contributed by atoms with Gasteiger partial charge in [0.2, 0.25) is 0 Å². The third-order valence-corrected chi connectivity index (χ3v) is 9.42. The van der Waals surface area contributed by atoms with Crippen molar-refractivity contribution in [1.29, 1.82) is 0 Å². The summed E-state index contributed by atoms with van der Waals surface area (Å²) in [7, 11) is 0. The number of carbonyl (C=O) groups excluding carboxylic acids is 1. The molecule has 2 fully saturated rings. The second kappa shape index (κ2) is 8.27. The monoisotopic (exact) mass is 472 g/mol. The standard InChI is InChI=1S/C31H36O4/c1-19(2)10-12-31(33)13-11-26-24-7-4-20-16-22(32)6-8-23(20)29(24)25(18-30(26,31)3)21-5-9-27-28(17-21)35-15-14-34-27/h5,9,16-17,19,24-26,33H,4,6-8,11,13-15,18H2,1-3H3/t24-,25+,26-,30-,31-/m0/s1. The molecule has 4 aliphatic carbocycles. The van der Waals surface area contributed by atoms with Crippen LogP contribution in [0.2, 0.25) is 0 Å². The molecule has 2 saturated carbocycles. The van der Waals surface area contributed by atoms with Crippen molar-refractivity contribution in [2.24, 2.45) is 23.2 Å². The van der Waals surface area contributed by atoms with E-state index in [1.54, 1.807) is 0 Å². The van der Waals surface area contributed by atoms with Gasteiger partial charge >= 0.3 is 0 Å². The molecule has 5 atom stereocenters. The Labute approximate surface area is 208 Å². The first-order valence-corrected chi connectivity index (χ1v) is 13.4. The number of ketones is 1. The van der Waals surface area contributed by atoms with Crippen LogP contribution in [-0.4, -0.2) is 29.7 Å². The van der Waals surface area contributed by atoms with Gasteiger partial charge in [0.25, 0.3) is 0 Å². The quantitative estimate of drug-likeness (QED) is 0.529. The highest BCUT2D eigenvalue weighted by Crippen LogP contribution is 2.66. The average Bonchev–Trinajstić information content (AvgIpc) is 3.12. The Hall–Kier alpha value is -2.51. The van der Waals surface area contributed by atoms with Crippen LogP contribution in [0, 0.1) is 35.0 Å². The van der Waals surface area contributed by atoms with Crippen LogP contribution >= 0.6 is 0 Å². The summed E-state index contributed by atoms with van der Waals surface area (Å²) in [5.41, 5.74) is 4.18. The molecule has 4 nitrogen and oxygen atoms in total. The second-order valence-corrected chi connectivity index (χ2v) is 11.7. The Morgan fingerprint density at radius 3 is 2.69 bits per heavy atom. The lowest BCUT2D eigenvalue weighted by atomic mass is 9.51. The summed E-state index contributed by atoms with van der Waals surface area (Å²) >= 11 is 0. The zero-order chi connectivity index (χ0) is 24.4. The summed E-state index contributed by atoms with van der Waals surface area (Å²) in [6.07, 6.45) is 7.98. The molecule has 1 heterocycles. The Morgan fingerprint density at radius 2 is 1.89 bits per heavy atom. The lowest BCUT2D eigenvalue weighted by molar-refractivity contribution is -0.114. The molecule has 6 rings (SSSR count). The molecule has 0 spiro atoms. The van der Waals surface area contributed by atoms with E-state index >= 15 is 0 Å². The highest BCUT2D eigenvalue weighted by atomic mass is 16.6. The second-order valence-electron chi connectivity index (χ2n) is 11.7. The maximum Gasteiger partial charge on any atom is 0.161 e. The van der Waals surface area contributed by atoms with E-state index < -0.39 is 5.60 Å². The minimum absolute atomic E-state index is 0.175. The largest absolute Gasteiger partial charge is 0.486 e. The van der Waals surface area contributed by atoms with Crippen LogP contribution < -0.4 is 9.47 Å². The molecule has 0 radical (unpaired) electrons. The van der Waals surface area contributed by atoms with Gasteiger partial charge in [0, 0.05) is 23.7 Å². The van der Waals surface area contributed by atoms with Crippen molar-refractivity contribution in [1.82, 2.24) is 0 Å². The third-order valence-electron chi connectivity index (χ3n) is 9.42. The van der Waals surface area contributed by atoms with Crippen molar-refractivity contribution in [3.05, 3.63) is 46.6 Å². The molecule has 1 aromatic carbocycles. The minimum atomic E-state index is -0.969. The molecule has 35 heavy (non-hydrogen) atoms. The topological polar surface area (TPSA) is 55.8 Å². The maximum absolute atomic E-state index is 12.3. The van der Waals surface area contributed by atoms with Gasteiger partial charge < -0.3 is 14.6 Å². The first kappa shape index (κ1) is 22.9. The summed E-state index contributed by atoms with van der Waals surface area (Å²) in [4.78, 5) is 12.3. The highest BCUT2D eigenvalue weighted by Gasteiger charge is 2.62. The average molecular weight is 473 g/mol. The first-order chi connectivity index (χ1) is 16.8. The van der Waals surface area contributed by atoms with Gasteiger partial charge in [-0.15, -0.1) is 0 Å². The van der Waals surface area contributed by atoms with E-state index in [4.69, 9.17) is 9.47 Å². The third kappa shape index (κ3) is 3.58. The summed E-state index contributed by atoms with van der Waals surface area (Å²) in [6.45, 7) is 7.62. The van der Waals surface area contributed by atoms with E-state index in [0.29, 0.717) is 31.5 Å². The van der Waals surface area contributed by atoms with Crippen molar-refractivity contribution >= 4 is 5.78 Å². The number of aliphatic hydroxyl groups is 1. The molecule has 0 amide bonds. The van der Waals surface area contributed by atoms with Gasteiger partial charge in [-0.3, -0.25) is 4.79 Å². The molecular formula is C31H36O4. The minimum Gasteiger partial charge on any atom is -0.486 e. The predicted molar refractivity (Wildman–Crippen MR) is 135 cm³/mol. The summed E-state index contributed by atoms with van der Waals surface area (Å²) in [6, 6.07) is 6.39. The predicted octanol–water partition coefficient (Wildman–Crippen LogP) is 5.75. The van der Waals surface area contributed by atoms with Gasteiger partial charge in [-0.05, 0) is 85.3 Å². The van der Waals surface area contributed by atoms with Crippen LogP contribution in [-0.2, 0) is 4.79 Å². The van der Waals surface area contributed by atoms with Crippen LogP contribution in [0.1, 0.15) is 77.2 Å². The normalized spacial score (nSPS) is 35.5. The molecule has 0 aromatic heterocycles. The van der Waals surface area contributed by atoms with E-state index in [9.17, 15) is 9.90 Å². The van der Waals surface area contributed by atoms with Gasteiger partial charge in [-0.25, -0.2) is 0 Å². The molecule has 0 unspecified atom stereocenters. The Bertz CT molecular complexity index is 1190. The van der Waals surface area contributed by atoms with Crippen LogP contribution in [0.5, 0.6) is 11.5 Å². The molecule has 0 bridgehead atoms. The zero-order valence-electron chi connectivity index (χ0n) is 21.2. The van der Waals surface area contributed by atoms with Gasteiger partial charge in [-0.1, -0.05) is 44.3 Å². The van der Waals surface area contributed by atoms with Gasteiger partial charge in [0.1, 0.15) is 18.8 Å². The fourth-order valence-electron chi connectivity index (χ4n) is 7.71. The summed E-state index contributed by atoms with van der Waals surface area (Å²) in [5, 5.41) is 12.0. The molecule has 5 aliphatic rings. The fraction of sp³-hybridized carbons (Fsp3) is 0.581. The number of ether oxygens (including phenoxy) is 2. The molecule has 1 aliphatic heterocycles. The number of benzene rings is 1. The van der Waals surface area contributed by atoms with E-state index in [2.05, 4.69) is 44.7 Å². The summed E-state index contributed by atoms with van der Waals surface area (Å²) in [5.74, 6) is 9.79. The van der Waals surface area contributed by atoms with Crippen molar-refractivity contribution in [3.63, 3.8) is 0 Å². The molecule has 4 heteroatoms. The summed E-state index contributed by atoms with van der Waals surface area (Å²) < 4.78 is 11.8. The van der Waals surface area contributed by atoms with Crippen molar-refractivity contribution < 1.29 is 19.4 Å². The number of allylic oxidation sites excluding steroid dienone is 4. The Kier molecular flexibility index (Phi) is 5.42. The van der Waals surface area contributed by atoms with Gasteiger partial charge in [0.15, 0.2) is 17.3 Å². The highest BCUT2D eigenvalue weighted by molar-refractivity contribution is 5.93. The van der Waals surface area contributed by atoms with Crippen molar-refractivity contribution in [3.8, 4) is 23.3 Å². The number of hydrogen-bond acceptors (Lipinski definition) is 4. The van der Waals surface area contributed by atoms with Crippen LogP contribution in [0.4, 0.5) is 0 Å². The SMILES string of the molecule is CC(C)C#C[C@]1(O)CC[C@H]2[C@@H]3CCC4=CC(=O)CCC4=C3[C@@H](c3ccc4c(c3)OCCO4)C[C@@]21C. The van der Waals surface area contributed by atoms with E-state index in [1.807, 2.05) is 12.1 Å². The maximum atomic E-state index is 12.3. The first-order valence-electron chi connectivity index (χ1n) is 13.4. The Balaban J connectivity index is 1.50. The smallest absolute Gasteiger partial charge is 0.161 e. The van der Waals surface area contributed by atoms with E-state index in [1.165, 1.54) is 22.3 Å².